The fourth-order valence-electron chi connectivity index (χ4n) is 2.35. The molecule has 0 saturated heterocycles. The van der Waals surface area contributed by atoms with Gasteiger partial charge in [-0.3, -0.25) is 9.59 Å². The molecule has 0 aromatic carbocycles. The number of amides is 2. The van der Waals surface area contributed by atoms with E-state index in [-0.39, 0.29) is 11.8 Å². The molecule has 7 nitrogen and oxygen atoms in total. The van der Waals surface area contributed by atoms with E-state index in [1.54, 1.807) is 19.9 Å². The van der Waals surface area contributed by atoms with E-state index in [0.717, 1.165) is 6.42 Å². The Morgan fingerprint density at radius 1 is 1.41 bits per heavy atom. The van der Waals surface area contributed by atoms with Gasteiger partial charge < -0.3 is 15.6 Å². The van der Waals surface area contributed by atoms with Crippen LogP contribution in [0.2, 0.25) is 0 Å². The molecule has 0 aliphatic heterocycles. The zero-order valence-electron chi connectivity index (χ0n) is 13.1. The lowest BCUT2D eigenvalue weighted by Crippen LogP contribution is -2.48. The highest BCUT2D eigenvalue weighted by atomic mass is 16.5. The molecule has 0 spiro atoms. The quantitative estimate of drug-likeness (QED) is 0.868. The van der Waals surface area contributed by atoms with Crippen molar-refractivity contribution in [3.05, 3.63) is 23.0 Å². The number of aryl methyl sites for hydroxylation is 2. The average Bonchev–Trinajstić information content (AvgIpc) is 2.83. The van der Waals surface area contributed by atoms with E-state index < -0.39 is 11.9 Å². The van der Waals surface area contributed by atoms with Gasteiger partial charge in [0, 0.05) is 5.69 Å². The first-order valence-corrected chi connectivity index (χ1v) is 7.19. The maximum Gasteiger partial charge on any atom is 0.258 e. The average molecular weight is 304 g/mol. The minimum absolute atomic E-state index is 0.0524. The van der Waals surface area contributed by atoms with Gasteiger partial charge >= 0.3 is 0 Å². The summed E-state index contributed by atoms with van der Waals surface area (Å²) in [6.45, 7) is 7.30. The van der Waals surface area contributed by atoms with Crippen LogP contribution < -0.4 is 11.1 Å². The summed E-state index contributed by atoms with van der Waals surface area (Å²) in [4.78, 5) is 28.4. The fraction of sp³-hybridized carbons (Fsp3) is 0.467. The van der Waals surface area contributed by atoms with E-state index in [4.69, 9.17) is 10.3 Å². The number of nitrogens with two attached hydrogens (primary N) is 1. The van der Waals surface area contributed by atoms with Gasteiger partial charge in [-0.25, -0.2) is 4.98 Å². The first-order valence-electron chi connectivity index (χ1n) is 7.19. The minimum Gasteiger partial charge on any atom is -0.368 e. The first kappa shape index (κ1) is 15.9. The van der Waals surface area contributed by atoms with Crippen molar-refractivity contribution >= 4 is 22.9 Å². The molecule has 2 atom stereocenters. The molecule has 2 amide bonds. The standard InChI is InChI=1S/C15H20N4O3/c1-5-7(2)12(13(16)20)18-14(21)10-6-8(3)17-15-11(10)9(4)19-22-15/h6-7,12H,5H2,1-4H3,(H2,16,20)(H,18,21). The Morgan fingerprint density at radius 2 is 2.09 bits per heavy atom. The van der Waals surface area contributed by atoms with Crippen molar-refractivity contribution in [2.75, 3.05) is 0 Å². The molecule has 118 valence electrons. The molecule has 2 unspecified atom stereocenters. The molecule has 2 aromatic heterocycles. The predicted molar refractivity (Wildman–Crippen MR) is 81.2 cm³/mol. The van der Waals surface area contributed by atoms with Crippen LogP contribution in [0.15, 0.2) is 10.6 Å². The highest BCUT2D eigenvalue weighted by Gasteiger charge is 2.26. The molecule has 0 saturated carbocycles. The lowest BCUT2D eigenvalue weighted by molar-refractivity contribution is -0.120. The molecule has 3 N–H and O–H groups in total. The molecule has 0 aliphatic rings. The molecule has 2 rings (SSSR count). The van der Waals surface area contributed by atoms with E-state index in [1.165, 1.54) is 0 Å². The normalized spacial score (nSPS) is 13.8. The van der Waals surface area contributed by atoms with Gasteiger partial charge in [0.2, 0.25) is 5.91 Å². The van der Waals surface area contributed by atoms with Gasteiger partial charge in [-0.1, -0.05) is 25.4 Å². The molecule has 0 radical (unpaired) electrons. The van der Waals surface area contributed by atoms with Crippen LogP contribution in [-0.4, -0.2) is 28.0 Å². The highest BCUT2D eigenvalue weighted by molar-refractivity contribution is 6.07. The highest BCUT2D eigenvalue weighted by Crippen LogP contribution is 2.22. The van der Waals surface area contributed by atoms with Crippen molar-refractivity contribution in [1.82, 2.24) is 15.5 Å². The molecule has 22 heavy (non-hydrogen) atoms. The Morgan fingerprint density at radius 3 is 2.68 bits per heavy atom. The Hall–Kier alpha value is -2.44. The third kappa shape index (κ3) is 2.93. The van der Waals surface area contributed by atoms with E-state index in [1.807, 2.05) is 13.8 Å². The molecule has 2 aromatic rings. The lowest BCUT2D eigenvalue weighted by atomic mass is 9.98. The van der Waals surface area contributed by atoms with Crippen molar-refractivity contribution in [3.8, 4) is 0 Å². The lowest BCUT2D eigenvalue weighted by Gasteiger charge is -2.21. The SMILES string of the molecule is CCC(C)C(NC(=O)c1cc(C)nc2onc(C)c12)C(N)=O. The third-order valence-corrected chi connectivity index (χ3v) is 3.80. The summed E-state index contributed by atoms with van der Waals surface area (Å²) >= 11 is 0. The number of carbonyl (C=O) groups is 2. The van der Waals surface area contributed by atoms with Gasteiger partial charge in [0.1, 0.15) is 6.04 Å². The van der Waals surface area contributed by atoms with Crippen LogP contribution in [0, 0.1) is 19.8 Å². The number of fused-ring (bicyclic) bond motifs is 1. The van der Waals surface area contributed by atoms with Crippen LogP contribution in [0.4, 0.5) is 0 Å². The van der Waals surface area contributed by atoms with Crippen LogP contribution >= 0.6 is 0 Å². The number of hydrogen-bond donors (Lipinski definition) is 2. The molecule has 0 aliphatic carbocycles. The topological polar surface area (TPSA) is 111 Å². The third-order valence-electron chi connectivity index (χ3n) is 3.80. The summed E-state index contributed by atoms with van der Waals surface area (Å²) < 4.78 is 5.11. The summed E-state index contributed by atoms with van der Waals surface area (Å²) in [5.41, 5.74) is 7.30. The summed E-state index contributed by atoms with van der Waals surface area (Å²) in [6.07, 6.45) is 0.727. The molecular formula is C15H20N4O3. The number of aromatic nitrogens is 2. The Kier molecular flexibility index (Phi) is 4.44. The van der Waals surface area contributed by atoms with E-state index in [0.29, 0.717) is 28.1 Å². The molecular weight excluding hydrogens is 284 g/mol. The van der Waals surface area contributed by atoms with E-state index in [2.05, 4.69) is 15.5 Å². The molecule has 0 bridgehead atoms. The summed E-state index contributed by atoms with van der Waals surface area (Å²) in [6, 6.07) is 0.928. The van der Waals surface area contributed by atoms with Gasteiger partial charge in [0.15, 0.2) is 0 Å². The zero-order chi connectivity index (χ0) is 16.4. The summed E-state index contributed by atoms with van der Waals surface area (Å²) in [5, 5.41) is 7.10. The number of pyridine rings is 1. The van der Waals surface area contributed by atoms with Gasteiger partial charge in [0.25, 0.3) is 11.6 Å². The maximum atomic E-state index is 12.6. The van der Waals surface area contributed by atoms with Crippen molar-refractivity contribution in [2.45, 2.75) is 40.2 Å². The monoisotopic (exact) mass is 304 g/mol. The number of hydrogen-bond acceptors (Lipinski definition) is 5. The molecule has 2 heterocycles. The van der Waals surface area contributed by atoms with E-state index >= 15 is 0 Å². The number of nitrogens with zero attached hydrogens (tertiary/aromatic N) is 2. The summed E-state index contributed by atoms with van der Waals surface area (Å²) in [5.74, 6) is -0.985. The number of rotatable bonds is 5. The van der Waals surface area contributed by atoms with Crippen LogP contribution in [0.3, 0.4) is 0 Å². The second-order valence-electron chi connectivity index (χ2n) is 5.50. The minimum atomic E-state index is -0.721. The van der Waals surface area contributed by atoms with Gasteiger partial charge in [-0.05, 0) is 25.8 Å². The van der Waals surface area contributed by atoms with Gasteiger partial charge in [0.05, 0.1) is 16.6 Å². The van der Waals surface area contributed by atoms with Gasteiger partial charge in [-0.2, -0.15) is 0 Å². The summed E-state index contributed by atoms with van der Waals surface area (Å²) in [7, 11) is 0. The second-order valence-corrected chi connectivity index (χ2v) is 5.50. The van der Waals surface area contributed by atoms with Crippen molar-refractivity contribution in [3.63, 3.8) is 0 Å². The van der Waals surface area contributed by atoms with E-state index in [9.17, 15) is 9.59 Å². The van der Waals surface area contributed by atoms with Crippen LogP contribution in [0.25, 0.3) is 11.1 Å². The van der Waals surface area contributed by atoms with Crippen molar-refractivity contribution < 1.29 is 14.1 Å². The first-order chi connectivity index (χ1) is 10.3. The predicted octanol–water partition coefficient (Wildman–Crippen LogP) is 1.47. The second kappa shape index (κ2) is 6.13. The van der Waals surface area contributed by atoms with Crippen LogP contribution in [0.1, 0.15) is 42.0 Å². The fourth-order valence-corrected chi connectivity index (χ4v) is 2.35. The Labute approximate surface area is 128 Å². The largest absolute Gasteiger partial charge is 0.368 e. The van der Waals surface area contributed by atoms with Gasteiger partial charge in [-0.15, -0.1) is 0 Å². The maximum absolute atomic E-state index is 12.6. The molecule has 0 fully saturated rings. The Balaban J connectivity index is 2.41. The number of carbonyl (C=O) groups excluding carboxylic acids is 2. The number of primary amides is 1. The smallest absolute Gasteiger partial charge is 0.258 e. The van der Waals surface area contributed by atoms with Crippen LogP contribution in [-0.2, 0) is 4.79 Å². The Bertz CT molecular complexity index is 723. The zero-order valence-corrected chi connectivity index (χ0v) is 13.1. The number of nitrogens with one attached hydrogen (secondary N) is 1. The van der Waals surface area contributed by atoms with Crippen molar-refractivity contribution in [1.29, 1.82) is 0 Å². The molecule has 7 heteroatoms. The van der Waals surface area contributed by atoms with Crippen LogP contribution in [0.5, 0.6) is 0 Å². The van der Waals surface area contributed by atoms with Crippen molar-refractivity contribution in [2.24, 2.45) is 11.7 Å².